The van der Waals surface area contributed by atoms with Crippen LogP contribution in [0.25, 0.3) is 17.2 Å². The molecular formula is C13H16N6O. The SMILES string of the molecule is CN(C)CCNc1nc(-c2ccco2)n2nccc2n1. The van der Waals surface area contributed by atoms with E-state index in [1.54, 1.807) is 17.0 Å². The molecular weight excluding hydrogens is 256 g/mol. The highest BCUT2D eigenvalue weighted by atomic mass is 16.3. The molecule has 0 aliphatic carbocycles. The van der Waals surface area contributed by atoms with Crippen LogP contribution < -0.4 is 5.32 Å². The number of nitrogens with zero attached hydrogens (tertiary/aromatic N) is 5. The van der Waals surface area contributed by atoms with Gasteiger partial charge in [0.25, 0.3) is 0 Å². The summed E-state index contributed by atoms with van der Waals surface area (Å²) < 4.78 is 7.07. The van der Waals surface area contributed by atoms with Crippen molar-refractivity contribution in [3.05, 3.63) is 30.7 Å². The Morgan fingerprint density at radius 1 is 1.30 bits per heavy atom. The van der Waals surface area contributed by atoms with Crippen molar-refractivity contribution in [2.24, 2.45) is 0 Å². The number of nitrogens with one attached hydrogen (secondary N) is 1. The molecule has 0 aromatic carbocycles. The Balaban J connectivity index is 1.94. The van der Waals surface area contributed by atoms with E-state index in [1.807, 2.05) is 32.3 Å². The molecule has 0 fully saturated rings. The quantitative estimate of drug-likeness (QED) is 0.756. The third-order valence-electron chi connectivity index (χ3n) is 2.84. The number of furan rings is 1. The molecule has 0 saturated heterocycles. The van der Waals surface area contributed by atoms with E-state index in [9.17, 15) is 0 Å². The molecule has 0 aliphatic heterocycles. The van der Waals surface area contributed by atoms with Gasteiger partial charge in [0, 0.05) is 19.2 Å². The van der Waals surface area contributed by atoms with Gasteiger partial charge in [-0.1, -0.05) is 0 Å². The summed E-state index contributed by atoms with van der Waals surface area (Å²) in [6.07, 6.45) is 3.31. The van der Waals surface area contributed by atoms with Gasteiger partial charge in [-0.25, -0.2) is 0 Å². The minimum atomic E-state index is 0.575. The fourth-order valence-corrected chi connectivity index (χ4v) is 1.86. The minimum absolute atomic E-state index is 0.575. The van der Waals surface area contributed by atoms with Crippen LogP contribution in [0.3, 0.4) is 0 Å². The van der Waals surface area contributed by atoms with Crippen LogP contribution in [0.2, 0.25) is 0 Å². The summed E-state index contributed by atoms with van der Waals surface area (Å²) in [5, 5.41) is 7.43. The zero-order valence-corrected chi connectivity index (χ0v) is 11.4. The molecule has 0 atom stereocenters. The molecule has 0 radical (unpaired) electrons. The normalized spacial score (nSPS) is 11.3. The highest BCUT2D eigenvalue weighted by molar-refractivity contribution is 5.55. The first-order valence-electron chi connectivity index (χ1n) is 6.38. The third kappa shape index (κ3) is 2.48. The van der Waals surface area contributed by atoms with E-state index in [-0.39, 0.29) is 0 Å². The maximum absolute atomic E-state index is 5.41. The zero-order chi connectivity index (χ0) is 13.9. The first-order valence-corrected chi connectivity index (χ1v) is 6.38. The predicted octanol–water partition coefficient (Wildman–Crippen LogP) is 1.36. The summed E-state index contributed by atoms with van der Waals surface area (Å²) in [5.41, 5.74) is 0.735. The Labute approximate surface area is 116 Å². The van der Waals surface area contributed by atoms with E-state index >= 15 is 0 Å². The highest BCUT2D eigenvalue weighted by Crippen LogP contribution is 2.19. The van der Waals surface area contributed by atoms with Crippen molar-refractivity contribution >= 4 is 11.6 Å². The van der Waals surface area contributed by atoms with E-state index in [2.05, 4.69) is 25.3 Å². The molecule has 0 unspecified atom stereocenters. The van der Waals surface area contributed by atoms with Gasteiger partial charge in [-0.05, 0) is 26.2 Å². The molecule has 0 spiro atoms. The fraction of sp³-hybridized carbons (Fsp3) is 0.308. The molecule has 0 bridgehead atoms. The van der Waals surface area contributed by atoms with Crippen LogP contribution >= 0.6 is 0 Å². The summed E-state index contributed by atoms with van der Waals surface area (Å²) >= 11 is 0. The van der Waals surface area contributed by atoms with Crippen molar-refractivity contribution in [2.75, 3.05) is 32.5 Å². The molecule has 0 amide bonds. The molecule has 1 N–H and O–H groups in total. The van der Waals surface area contributed by atoms with Crippen molar-refractivity contribution in [1.29, 1.82) is 0 Å². The zero-order valence-electron chi connectivity index (χ0n) is 11.4. The molecule has 20 heavy (non-hydrogen) atoms. The summed E-state index contributed by atoms with van der Waals surface area (Å²) in [4.78, 5) is 11.0. The van der Waals surface area contributed by atoms with E-state index in [1.165, 1.54) is 0 Å². The molecule has 3 heterocycles. The van der Waals surface area contributed by atoms with Gasteiger partial charge >= 0.3 is 0 Å². The topological polar surface area (TPSA) is 71.5 Å². The second-order valence-corrected chi connectivity index (χ2v) is 4.68. The Morgan fingerprint density at radius 3 is 2.95 bits per heavy atom. The van der Waals surface area contributed by atoms with Crippen LogP contribution in [0.1, 0.15) is 0 Å². The van der Waals surface area contributed by atoms with Gasteiger partial charge < -0.3 is 14.6 Å². The maximum atomic E-state index is 5.41. The number of hydrogen-bond donors (Lipinski definition) is 1. The monoisotopic (exact) mass is 272 g/mol. The molecule has 3 rings (SSSR count). The van der Waals surface area contributed by atoms with Crippen LogP contribution in [-0.4, -0.2) is 51.7 Å². The van der Waals surface area contributed by atoms with Gasteiger partial charge in [0.2, 0.25) is 11.8 Å². The first-order chi connectivity index (χ1) is 9.74. The van der Waals surface area contributed by atoms with Gasteiger partial charge in [0.05, 0.1) is 12.5 Å². The number of hydrogen-bond acceptors (Lipinski definition) is 6. The van der Waals surface area contributed by atoms with Crippen molar-refractivity contribution in [3.8, 4) is 11.6 Å². The molecule has 7 heteroatoms. The van der Waals surface area contributed by atoms with Crippen LogP contribution in [0.5, 0.6) is 0 Å². The number of likely N-dealkylation sites (N-methyl/N-ethyl adjacent to an activating group) is 1. The molecule has 0 saturated carbocycles. The van der Waals surface area contributed by atoms with E-state index in [0.29, 0.717) is 17.5 Å². The van der Waals surface area contributed by atoms with Gasteiger partial charge in [0.15, 0.2) is 11.4 Å². The first kappa shape index (κ1) is 12.6. The average Bonchev–Trinajstić information content (AvgIpc) is 3.08. The fourth-order valence-electron chi connectivity index (χ4n) is 1.86. The van der Waals surface area contributed by atoms with E-state index in [4.69, 9.17) is 4.42 Å². The largest absolute Gasteiger partial charge is 0.461 e. The third-order valence-corrected chi connectivity index (χ3v) is 2.84. The predicted molar refractivity (Wildman–Crippen MR) is 75.5 cm³/mol. The van der Waals surface area contributed by atoms with E-state index in [0.717, 1.165) is 18.7 Å². The van der Waals surface area contributed by atoms with Crippen LogP contribution in [-0.2, 0) is 0 Å². The second kappa shape index (κ2) is 5.30. The Hall–Kier alpha value is -2.41. The summed E-state index contributed by atoms with van der Waals surface area (Å²) in [6.45, 7) is 1.68. The van der Waals surface area contributed by atoms with E-state index < -0.39 is 0 Å². The molecule has 3 aromatic rings. The van der Waals surface area contributed by atoms with Crippen molar-refractivity contribution < 1.29 is 4.42 Å². The lowest BCUT2D eigenvalue weighted by atomic mass is 10.4. The summed E-state index contributed by atoms with van der Waals surface area (Å²) in [6, 6.07) is 5.52. The average molecular weight is 272 g/mol. The van der Waals surface area contributed by atoms with Gasteiger partial charge in [-0.2, -0.15) is 19.6 Å². The summed E-state index contributed by atoms with van der Waals surface area (Å²) in [5.74, 6) is 1.88. The van der Waals surface area contributed by atoms with Gasteiger partial charge in [-0.3, -0.25) is 0 Å². The number of rotatable bonds is 5. The minimum Gasteiger partial charge on any atom is -0.461 e. The van der Waals surface area contributed by atoms with Crippen molar-refractivity contribution in [2.45, 2.75) is 0 Å². The summed E-state index contributed by atoms with van der Waals surface area (Å²) in [7, 11) is 4.05. The van der Waals surface area contributed by atoms with Gasteiger partial charge in [-0.15, -0.1) is 0 Å². The van der Waals surface area contributed by atoms with Crippen LogP contribution in [0.15, 0.2) is 35.1 Å². The van der Waals surface area contributed by atoms with Crippen LogP contribution in [0.4, 0.5) is 5.95 Å². The Kier molecular flexibility index (Phi) is 3.34. The highest BCUT2D eigenvalue weighted by Gasteiger charge is 2.12. The second-order valence-electron chi connectivity index (χ2n) is 4.68. The number of fused-ring (bicyclic) bond motifs is 1. The number of anilines is 1. The van der Waals surface area contributed by atoms with Crippen molar-refractivity contribution in [3.63, 3.8) is 0 Å². The lowest BCUT2D eigenvalue weighted by Gasteiger charge is -2.11. The van der Waals surface area contributed by atoms with Crippen molar-refractivity contribution in [1.82, 2.24) is 24.5 Å². The molecule has 104 valence electrons. The van der Waals surface area contributed by atoms with Gasteiger partial charge in [0.1, 0.15) is 0 Å². The molecule has 0 aliphatic rings. The Morgan fingerprint density at radius 2 is 2.20 bits per heavy atom. The lowest BCUT2D eigenvalue weighted by molar-refractivity contribution is 0.425. The Bertz CT molecular complexity index is 688. The molecule has 7 nitrogen and oxygen atoms in total. The number of aromatic nitrogens is 4. The maximum Gasteiger partial charge on any atom is 0.226 e. The molecule has 3 aromatic heterocycles. The standard InChI is InChI=1S/C13H16N6O/c1-18(2)8-7-14-13-16-11-5-6-15-19(11)12(17-13)10-4-3-9-20-10/h3-6,9H,7-8H2,1-2H3,(H,14,16). The lowest BCUT2D eigenvalue weighted by Crippen LogP contribution is -2.21. The smallest absolute Gasteiger partial charge is 0.226 e. The van der Waals surface area contributed by atoms with Crippen LogP contribution in [0, 0.1) is 0 Å².